The molecule has 0 spiro atoms. The number of aromatic hydroxyl groups is 1. The van der Waals surface area contributed by atoms with Gasteiger partial charge in [0.05, 0.1) is 7.11 Å². The van der Waals surface area contributed by atoms with Crippen molar-refractivity contribution in [1.82, 2.24) is 10.3 Å². The Morgan fingerprint density at radius 1 is 1.37 bits per heavy atom. The summed E-state index contributed by atoms with van der Waals surface area (Å²) in [6.45, 7) is 2.66. The van der Waals surface area contributed by atoms with E-state index < -0.39 is 0 Å². The number of pyridine rings is 1. The van der Waals surface area contributed by atoms with Gasteiger partial charge in [0.1, 0.15) is 11.5 Å². The molecule has 2 N–H and O–H groups in total. The first-order chi connectivity index (χ1) is 9.20. The number of nitrogens with zero attached hydrogens (tertiary/aromatic N) is 1. The van der Waals surface area contributed by atoms with Gasteiger partial charge in [0.25, 0.3) is 0 Å². The fraction of sp³-hybridized carbons (Fsp3) is 0.267. The van der Waals surface area contributed by atoms with E-state index in [-0.39, 0.29) is 11.8 Å². The van der Waals surface area contributed by atoms with Crippen LogP contribution in [0, 0.1) is 0 Å². The van der Waals surface area contributed by atoms with E-state index in [2.05, 4.69) is 17.2 Å². The highest BCUT2D eigenvalue weighted by molar-refractivity contribution is 5.39. The van der Waals surface area contributed by atoms with Gasteiger partial charge in [-0.2, -0.15) is 0 Å². The number of methoxy groups -OCH3 is 1. The maximum absolute atomic E-state index is 9.87. The van der Waals surface area contributed by atoms with Crippen molar-refractivity contribution in [1.29, 1.82) is 0 Å². The molecule has 1 aromatic heterocycles. The molecule has 0 fully saturated rings. The maximum Gasteiger partial charge on any atom is 0.123 e. The highest BCUT2D eigenvalue weighted by Gasteiger charge is 2.07. The summed E-state index contributed by atoms with van der Waals surface area (Å²) in [6.07, 6.45) is 3.59. The Kier molecular flexibility index (Phi) is 4.36. The van der Waals surface area contributed by atoms with E-state index in [1.165, 1.54) is 0 Å². The van der Waals surface area contributed by atoms with Gasteiger partial charge in [-0.25, -0.2) is 0 Å². The minimum atomic E-state index is 0.176. The Balaban J connectivity index is 1.99. The van der Waals surface area contributed by atoms with Crippen LogP contribution < -0.4 is 10.1 Å². The fourth-order valence-electron chi connectivity index (χ4n) is 1.83. The second-order valence-electron chi connectivity index (χ2n) is 4.38. The van der Waals surface area contributed by atoms with Crippen LogP contribution in [0.1, 0.15) is 24.1 Å². The van der Waals surface area contributed by atoms with Gasteiger partial charge in [-0.15, -0.1) is 0 Å². The van der Waals surface area contributed by atoms with Gasteiger partial charge in [-0.3, -0.25) is 4.98 Å². The number of phenols is 1. The molecule has 0 unspecified atom stereocenters. The topological polar surface area (TPSA) is 54.4 Å². The molecule has 0 bridgehead atoms. The molecule has 4 nitrogen and oxygen atoms in total. The predicted octanol–water partition coefficient (Wildman–Crippen LogP) is 2.65. The molecule has 2 rings (SSSR count). The van der Waals surface area contributed by atoms with Gasteiger partial charge in [0, 0.05) is 36.6 Å². The fourth-order valence-corrected chi connectivity index (χ4v) is 1.83. The van der Waals surface area contributed by atoms with Crippen molar-refractivity contribution < 1.29 is 9.84 Å². The molecular formula is C15H18N2O2. The quantitative estimate of drug-likeness (QED) is 0.865. The summed E-state index contributed by atoms with van der Waals surface area (Å²) >= 11 is 0. The van der Waals surface area contributed by atoms with Crippen molar-refractivity contribution in [2.45, 2.75) is 19.5 Å². The van der Waals surface area contributed by atoms with Gasteiger partial charge in [-0.1, -0.05) is 12.1 Å². The summed E-state index contributed by atoms with van der Waals surface area (Å²) in [7, 11) is 1.58. The monoisotopic (exact) mass is 258 g/mol. The van der Waals surface area contributed by atoms with Gasteiger partial charge in [0.15, 0.2) is 0 Å². The Labute approximate surface area is 113 Å². The van der Waals surface area contributed by atoms with Gasteiger partial charge in [-0.05, 0) is 24.6 Å². The predicted molar refractivity (Wildman–Crippen MR) is 74.2 cm³/mol. The molecule has 19 heavy (non-hydrogen) atoms. The number of aromatic nitrogens is 1. The number of benzene rings is 1. The van der Waals surface area contributed by atoms with E-state index >= 15 is 0 Å². The minimum absolute atomic E-state index is 0.176. The van der Waals surface area contributed by atoms with E-state index in [0.29, 0.717) is 12.3 Å². The minimum Gasteiger partial charge on any atom is -0.507 e. The zero-order valence-electron chi connectivity index (χ0n) is 11.1. The SMILES string of the molecule is COc1ccc(CN[C@@H](C)c2cccnc2)c(O)c1. The van der Waals surface area contributed by atoms with Crippen molar-refractivity contribution in [3.63, 3.8) is 0 Å². The molecule has 2 aromatic rings. The Morgan fingerprint density at radius 2 is 2.21 bits per heavy atom. The van der Waals surface area contributed by atoms with Crippen molar-refractivity contribution in [2.24, 2.45) is 0 Å². The van der Waals surface area contributed by atoms with Crippen LogP contribution in [-0.2, 0) is 6.54 Å². The lowest BCUT2D eigenvalue weighted by Gasteiger charge is -2.14. The first-order valence-electron chi connectivity index (χ1n) is 6.20. The second-order valence-corrected chi connectivity index (χ2v) is 4.38. The lowest BCUT2D eigenvalue weighted by molar-refractivity contribution is 0.405. The number of ether oxygens (including phenoxy) is 1. The van der Waals surface area contributed by atoms with Crippen LogP contribution >= 0.6 is 0 Å². The van der Waals surface area contributed by atoms with Crippen LogP contribution in [0.2, 0.25) is 0 Å². The van der Waals surface area contributed by atoms with Crippen LogP contribution in [0.3, 0.4) is 0 Å². The summed E-state index contributed by atoms with van der Waals surface area (Å²) in [4.78, 5) is 4.10. The van der Waals surface area contributed by atoms with E-state index in [1.807, 2.05) is 30.5 Å². The normalized spacial score (nSPS) is 12.1. The van der Waals surface area contributed by atoms with Crippen molar-refractivity contribution >= 4 is 0 Å². The number of hydrogen-bond acceptors (Lipinski definition) is 4. The van der Waals surface area contributed by atoms with E-state index in [4.69, 9.17) is 4.74 Å². The summed E-state index contributed by atoms with van der Waals surface area (Å²) in [6, 6.07) is 9.43. The number of hydrogen-bond donors (Lipinski definition) is 2. The molecule has 0 saturated carbocycles. The largest absolute Gasteiger partial charge is 0.507 e. The number of phenolic OH excluding ortho intramolecular Hbond substituents is 1. The van der Waals surface area contributed by atoms with Crippen LogP contribution in [0.4, 0.5) is 0 Å². The average molecular weight is 258 g/mol. The third kappa shape index (κ3) is 3.45. The highest BCUT2D eigenvalue weighted by atomic mass is 16.5. The molecule has 0 saturated heterocycles. The molecule has 100 valence electrons. The zero-order valence-corrected chi connectivity index (χ0v) is 11.1. The highest BCUT2D eigenvalue weighted by Crippen LogP contribution is 2.23. The standard InChI is InChI=1S/C15H18N2O2/c1-11(12-4-3-7-16-9-12)17-10-13-5-6-14(19-2)8-15(13)18/h3-9,11,17-18H,10H2,1-2H3/t11-/m0/s1. The summed E-state index contributed by atoms with van der Waals surface area (Å²) < 4.78 is 5.06. The van der Waals surface area contributed by atoms with Crippen molar-refractivity contribution in [3.05, 3.63) is 53.9 Å². The third-order valence-corrected chi connectivity index (χ3v) is 3.08. The lowest BCUT2D eigenvalue weighted by atomic mass is 10.1. The first-order valence-corrected chi connectivity index (χ1v) is 6.20. The molecule has 0 aliphatic rings. The molecule has 0 amide bonds. The zero-order chi connectivity index (χ0) is 13.7. The Hall–Kier alpha value is -2.07. The molecule has 1 aromatic carbocycles. The number of nitrogens with one attached hydrogen (secondary N) is 1. The molecule has 1 atom stereocenters. The summed E-state index contributed by atoms with van der Waals surface area (Å²) in [5, 5.41) is 13.2. The molecule has 0 radical (unpaired) electrons. The van der Waals surface area contributed by atoms with Crippen LogP contribution in [0.25, 0.3) is 0 Å². The third-order valence-electron chi connectivity index (χ3n) is 3.08. The molecule has 0 aliphatic heterocycles. The maximum atomic E-state index is 9.87. The van der Waals surface area contributed by atoms with E-state index in [0.717, 1.165) is 11.1 Å². The summed E-state index contributed by atoms with van der Waals surface area (Å²) in [5.41, 5.74) is 1.96. The Bertz CT molecular complexity index is 529. The smallest absolute Gasteiger partial charge is 0.123 e. The molecule has 0 aliphatic carbocycles. The van der Waals surface area contributed by atoms with Crippen molar-refractivity contribution in [2.75, 3.05) is 7.11 Å². The van der Waals surface area contributed by atoms with Gasteiger partial charge < -0.3 is 15.2 Å². The van der Waals surface area contributed by atoms with Gasteiger partial charge in [0.2, 0.25) is 0 Å². The lowest BCUT2D eigenvalue weighted by Crippen LogP contribution is -2.18. The van der Waals surface area contributed by atoms with Crippen LogP contribution in [0.5, 0.6) is 11.5 Å². The average Bonchev–Trinajstić information content (AvgIpc) is 2.46. The first kappa shape index (κ1) is 13.4. The molecular weight excluding hydrogens is 240 g/mol. The second kappa shape index (κ2) is 6.20. The van der Waals surface area contributed by atoms with Crippen LogP contribution in [-0.4, -0.2) is 17.2 Å². The summed E-state index contributed by atoms with van der Waals surface area (Å²) in [5.74, 6) is 0.895. The van der Waals surface area contributed by atoms with E-state index in [9.17, 15) is 5.11 Å². The van der Waals surface area contributed by atoms with Crippen LogP contribution in [0.15, 0.2) is 42.7 Å². The molecule has 1 heterocycles. The van der Waals surface area contributed by atoms with Gasteiger partial charge >= 0.3 is 0 Å². The number of rotatable bonds is 5. The van der Waals surface area contributed by atoms with Crippen molar-refractivity contribution in [3.8, 4) is 11.5 Å². The Morgan fingerprint density at radius 3 is 2.84 bits per heavy atom. The molecule has 4 heteroatoms. The van der Waals surface area contributed by atoms with E-state index in [1.54, 1.807) is 19.4 Å².